The first-order valence-corrected chi connectivity index (χ1v) is 8.27. The average molecular weight is 299 g/mol. The van der Waals surface area contributed by atoms with Gasteiger partial charge in [0.2, 0.25) is 5.91 Å². The van der Waals surface area contributed by atoms with Crippen LogP contribution in [0, 0.1) is 5.92 Å². The first-order chi connectivity index (χ1) is 9.88. The van der Waals surface area contributed by atoms with Crippen LogP contribution in [0.25, 0.3) is 0 Å². The second kappa shape index (κ2) is 9.38. The monoisotopic (exact) mass is 299 g/mol. The molecule has 5 heteroatoms. The van der Waals surface area contributed by atoms with E-state index in [0.29, 0.717) is 13.2 Å². The van der Waals surface area contributed by atoms with Crippen LogP contribution in [0.5, 0.6) is 0 Å². The predicted molar refractivity (Wildman–Crippen MR) is 86.1 cm³/mol. The third-order valence-corrected chi connectivity index (χ3v) is 3.96. The van der Waals surface area contributed by atoms with Crippen LogP contribution in [0.3, 0.4) is 0 Å². The standard InChI is InChI=1S/C16H33N3O2/c1-12(2)6-5-7-13(3)18-16(20)11-19-8-9-21-15(10-19)14(4)17/h12-15H,5-11,17H2,1-4H3,(H,18,20). The molecule has 0 radical (unpaired) electrons. The fraction of sp³-hybridized carbons (Fsp3) is 0.938. The maximum absolute atomic E-state index is 12.1. The van der Waals surface area contributed by atoms with E-state index in [1.807, 2.05) is 6.92 Å². The van der Waals surface area contributed by atoms with Crippen LogP contribution in [0.1, 0.15) is 47.0 Å². The van der Waals surface area contributed by atoms with Gasteiger partial charge in [-0.05, 0) is 26.2 Å². The number of carbonyl (C=O) groups excluding carboxylic acids is 1. The van der Waals surface area contributed by atoms with Gasteiger partial charge < -0.3 is 15.8 Å². The Bertz CT molecular complexity index is 308. The average Bonchev–Trinajstić information content (AvgIpc) is 2.38. The van der Waals surface area contributed by atoms with Crippen molar-refractivity contribution < 1.29 is 9.53 Å². The minimum Gasteiger partial charge on any atom is -0.374 e. The van der Waals surface area contributed by atoms with Crippen LogP contribution in [0.15, 0.2) is 0 Å². The minimum absolute atomic E-state index is 0.00539. The molecule has 1 aliphatic heterocycles. The SMILES string of the molecule is CC(C)CCCC(C)NC(=O)CN1CCOC(C(C)N)C1. The summed E-state index contributed by atoms with van der Waals surface area (Å²) < 4.78 is 5.61. The molecule has 0 aromatic heterocycles. The summed E-state index contributed by atoms with van der Waals surface area (Å²) in [5.74, 6) is 0.841. The Kier molecular flexibility index (Phi) is 8.22. The van der Waals surface area contributed by atoms with E-state index in [-0.39, 0.29) is 24.1 Å². The molecule has 0 spiro atoms. The Balaban J connectivity index is 2.23. The highest BCUT2D eigenvalue weighted by molar-refractivity contribution is 5.78. The lowest BCUT2D eigenvalue weighted by Crippen LogP contribution is -2.52. The van der Waals surface area contributed by atoms with Crippen molar-refractivity contribution in [2.75, 3.05) is 26.2 Å². The summed E-state index contributed by atoms with van der Waals surface area (Å²) in [6.07, 6.45) is 3.48. The van der Waals surface area contributed by atoms with Gasteiger partial charge in [0, 0.05) is 25.2 Å². The van der Waals surface area contributed by atoms with Gasteiger partial charge in [0.25, 0.3) is 0 Å². The molecule has 0 bridgehead atoms. The normalized spacial score (nSPS) is 23.0. The van der Waals surface area contributed by atoms with Crippen molar-refractivity contribution in [2.45, 2.75) is 65.1 Å². The Labute approximate surface area is 129 Å². The number of morpholine rings is 1. The van der Waals surface area contributed by atoms with Gasteiger partial charge in [-0.3, -0.25) is 9.69 Å². The van der Waals surface area contributed by atoms with Crippen molar-refractivity contribution in [1.29, 1.82) is 0 Å². The van der Waals surface area contributed by atoms with Gasteiger partial charge in [-0.15, -0.1) is 0 Å². The molecule has 21 heavy (non-hydrogen) atoms. The first kappa shape index (κ1) is 18.4. The number of rotatable bonds is 8. The van der Waals surface area contributed by atoms with Gasteiger partial charge in [0.1, 0.15) is 0 Å². The molecule has 3 N–H and O–H groups in total. The van der Waals surface area contributed by atoms with Crippen LogP contribution in [0.4, 0.5) is 0 Å². The summed E-state index contributed by atoms with van der Waals surface area (Å²) in [4.78, 5) is 14.2. The molecule has 1 amide bonds. The van der Waals surface area contributed by atoms with Gasteiger partial charge in [-0.2, -0.15) is 0 Å². The highest BCUT2D eigenvalue weighted by Crippen LogP contribution is 2.09. The van der Waals surface area contributed by atoms with E-state index >= 15 is 0 Å². The van der Waals surface area contributed by atoms with Gasteiger partial charge in [0.15, 0.2) is 0 Å². The molecular weight excluding hydrogens is 266 g/mol. The zero-order valence-electron chi connectivity index (χ0n) is 14.1. The Morgan fingerprint density at radius 3 is 2.67 bits per heavy atom. The highest BCUT2D eigenvalue weighted by atomic mass is 16.5. The molecular formula is C16H33N3O2. The van der Waals surface area contributed by atoms with Crippen molar-refractivity contribution in [1.82, 2.24) is 10.2 Å². The molecule has 1 saturated heterocycles. The van der Waals surface area contributed by atoms with Gasteiger partial charge in [-0.1, -0.05) is 26.7 Å². The number of hydrogen-bond acceptors (Lipinski definition) is 4. The Morgan fingerprint density at radius 2 is 2.05 bits per heavy atom. The fourth-order valence-corrected chi connectivity index (χ4v) is 2.62. The Morgan fingerprint density at radius 1 is 1.33 bits per heavy atom. The summed E-state index contributed by atoms with van der Waals surface area (Å²) in [5, 5.41) is 3.09. The van der Waals surface area contributed by atoms with E-state index in [4.69, 9.17) is 10.5 Å². The van der Waals surface area contributed by atoms with Gasteiger partial charge in [-0.25, -0.2) is 0 Å². The van der Waals surface area contributed by atoms with Crippen molar-refractivity contribution in [2.24, 2.45) is 11.7 Å². The Hall–Kier alpha value is -0.650. The van der Waals surface area contributed by atoms with Crippen LogP contribution in [-0.2, 0) is 9.53 Å². The van der Waals surface area contributed by atoms with E-state index in [1.54, 1.807) is 0 Å². The molecule has 124 valence electrons. The van der Waals surface area contributed by atoms with E-state index in [2.05, 4.69) is 31.0 Å². The van der Waals surface area contributed by atoms with E-state index in [0.717, 1.165) is 25.4 Å². The van der Waals surface area contributed by atoms with Crippen molar-refractivity contribution in [3.63, 3.8) is 0 Å². The van der Waals surface area contributed by atoms with Crippen LogP contribution >= 0.6 is 0 Å². The third kappa shape index (κ3) is 7.79. The summed E-state index contributed by atoms with van der Waals surface area (Å²) in [7, 11) is 0. The van der Waals surface area contributed by atoms with Gasteiger partial charge in [0.05, 0.1) is 19.3 Å². The zero-order valence-corrected chi connectivity index (χ0v) is 14.1. The molecule has 0 aliphatic carbocycles. The van der Waals surface area contributed by atoms with Crippen molar-refractivity contribution in [3.8, 4) is 0 Å². The number of hydrogen-bond donors (Lipinski definition) is 2. The quantitative estimate of drug-likeness (QED) is 0.710. The maximum atomic E-state index is 12.1. The molecule has 1 fully saturated rings. The molecule has 5 nitrogen and oxygen atoms in total. The van der Waals surface area contributed by atoms with E-state index in [9.17, 15) is 4.79 Å². The molecule has 1 heterocycles. The fourth-order valence-electron chi connectivity index (χ4n) is 2.62. The van der Waals surface area contributed by atoms with Crippen LogP contribution in [0.2, 0.25) is 0 Å². The molecule has 0 saturated carbocycles. The number of ether oxygens (including phenoxy) is 1. The first-order valence-electron chi connectivity index (χ1n) is 8.27. The van der Waals surface area contributed by atoms with Crippen molar-refractivity contribution in [3.05, 3.63) is 0 Å². The van der Waals surface area contributed by atoms with Crippen molar-refractivity contribution >= 4 is 5.91 Å². The number of nitrogens with zero attached hydrogens (tertiary/aromatic N) is 1. The highest BCUT2D eigenvalue weighted by Gasteiger charge is 2.24. The number of carbonyl (C=O) groups is 1. The molecule has 3 atom stereocenters. The molecule has 3 unspecified atom stereocenters. The summed E-state index contributed by atoms with van der Waals surface area (Å²) >= 11 is 0. The number of nitrogens with two attached hydrogens (primary N) is 1. The minimum atomic E-state index is 0.00539. The van der Waals surface area contributed by atoms with E-state index < -0.39 is 0 Å². The summed E-state index contributed by atoms with van der Waals surface area (Å²) in [6, 6.07) is 0.257. The van der Waals surface area contributed by atoms with Crippen LogP contribution < -0.4 is 11.1 Å². The molecule has 0 aromatic carbocycles. The summed E-state index contributed by atoms with van der Waals surface area (Å²) in [6.45, 7) is 11.1. The van der Waals surface area contributed by atoms with E-state index in [1.165, 1.54) is 12.8 Å². The molecule has 1 aliphatic rings. The smallest absolute Gasteiger partial charge is 0.234 e. The topological polar surface area (TPSA) is 67.6 Å². The maximum Gasteiger partial charge on any atom is 0.234 e. The lowest BCUT2D eigenvalue weighted by molar-refractivity contribution is -0.125. The van der Waals surface area contributed by atoms with Crippen LogP contribution in [-0.4, -0.2) is 55.2 Å². The summed E-state index contributed by atoms with van der Waals surface area (Å²) in [5.41, 5.74) is 5.87. The number of nitrogens with one attached hydrogen (secondary N) is 1. The zero-order chi connectivity index (χ0) is 15.8. The number of amides is 1. The second-order valence-corrected chi connectivity index (χ2v) is 6.80. The largest absolute Gasteiger partial charge is 0.374 e. The lowest BCUT2D eigenvalue weighted by Gasteiger charge is -2.34. The third-order valence-electron chi connectivity index (χ3n) is 3.96. The van der Waals surface area contributed by atoms with Gasteiger partial charge >= 0.3 is 0 Å². The molecule has 1 rings (SSSR count). The second-order valence-electron chi connectivity index (χ2n) is 6.80. The molecule has 0 aromatic rings. The predicted octanol–water partition coefficient (Wildman–Crippen LogP) is 1.37. The lowest BCUT2D eigenvalue weighted by atomic mass is 10.0.